The molecule has 0 radical (unpaired) electrons. The van der Waals surface area contributed by atoms with Crippen LogP contribution in [0.3, 0.4) is 0 Å². The summed E-state index contributed by atoms with van der Waals surface area (Å²) in [5.41, 5.74) is 1.18. The Labute approximate surface area is 172 Å². The molecule has 0 saturated carbocycles. The zero-order valence-corrected chi connectivity index (χ0v) is 16.9. The van der Waals surface area contributed by atoms with E-state index in [0.717, 1.165) is 29.5 Å². The van der Waals surface area contributed by atoms with Gasteiger partial charge in [-0.2, -0.15) is 10.1 Å². The zero-order valence-electron chi connectivity index (χ0n) is 16.1. The quantitative estimate of drug-likeness (QED) is 0.569. The number of hydrogen-bond acceptors (Lipinski definition) is 8. The van der Waals surface area contributed by atoms with Crippen LogP contribution < -0.4 is 15.0 Å². The summed E-state index contributed by atoms with van der Waals surface area (Å²) in [6, 6.07) is 7.49. The fourth-order valence-corrected chi connectivity index (χ4v) is 3.65. The van der Waals surface area contributed by atoms with E-state index >= 15 is 0 Å². The number of carbonyl (C=O) groups excluding carboxylic acids is 1. The number of thiophene rings is 1. The Morgan fingerprint density at radius 1 is 1.34 bits per heavy atom. The summed E-state index contributed by atoms with van der Waals surface area (Å²) in [6.45, 7) is 5.44. The number of H-pyrrole nitrogens is 1. The normalized spacial score (nSPS) is 14.0. The van der Waals surface area contributed by atoms with Gasteiger partial charge in [-0.25, -0.2) is 4.98 Å². The molecule has 0 atom stereocenters. The summed E-state index contributed by atoms with van der Waals surface area (Å²) in [4.78, 5) is 24.2. The van der Waals surface area contributed by atoms with Crippen LogP contribution in [0.15, 0.2) is 29.6 Å². The molecule has 0 spiro atoms. The van der Waals surface area contributed by atoms with Crippen LogP contribution in [0.1, 0.15) is 16.3 Å². The second-order valence-corrected chi connectivity index (χ2v) is 7.41. The van der Waals surface area contributed by atoms with E-state index in [-0.39, 0.29) is 5.91 Å². The van der Waals surface area contributed by atoms with E-state index in [1.807, 2.05) is 30.5 Å². The maximum absolute atomic E-state index is 12.3. The molecule has 29 heavy (non-hydrogen) atoms. The van der Waals surface area contributed by atoms with Crippen molar-refractivity contribution >= 4 is 23.1 Å². The molecule has 1 aliphatic rings. The number of rotatable bonds is 7. The van der Waals surface area contributed by atoms with Crippen LogP contribution in [0.5, 0.6) is 5.88 Å². The van der Waals surface area contributed by atoms with E-state index in [0.29, 0.717) is 43.8 Å². The predicted octanol–water partition coefficient (Wildman–Crippen LogP) is 1.88. The average Bonchev–Trinajstić information content (AvgIpc) is 3.43. The lowest BCUT2D eigenvalue weighted by atomic mass is 10.3. The first-order valence-corrected chi connectivity index (χ1v) is 10.3. The summed E-state index contributed by atoms with van der Waals surface area (Å²) in [5.74, 6) is 1.72. The average molecular weight is 414 g/mol. The first kappa shape index (κ1) is 19.3. The molecule has 152 valence electrons. The van der Waals surface area contributed by atoms with Gasteiger partial charge in [0.1, 0.15) is 18.2 Å². The van der Waals surface area contributed by atoms with Gasteiger partial charge in [0.25, 0.3) is 5.91 Å². The lowest BCUT2D eigenvalue weighted by Gasteiger charge is -2.28. The molecule has 3 aromatic rings. The minimum atomic E-state index is -0.250. The third kappa shape index (κ3) is 4.90. The van der Waals surface area contributed by atoms with E-state index in [1.165, 1.54) is 0 Å². The van der Waals surface area contributed by atoms with Crippen LogP contribution in [-0.2, 0) is 4.74 Å². The van der Waals surface area contributed by atoms with Crippen molar-refractivity contribution in [3.63, 3.8) is 0 Å². The monoisotopic (exact) mass is 414 g/mol. The molecular weight excluding hydrogens is 392 g/mol. The molecule has 1 aliphatic heterocycles. The van der Waals surface area contributed by atoms with Gasteiger partial charge >= 0.3 is 0 Å². The first-order chi connectivity index (χ1) is 14.2. The number of nitrogens with zero attached hydrogens (tertiary/aromatic N) is 4. The Kier molecular flexibility index (Phi) is 6.01. The van der Waals surface area contributed by atoms with Crippen LogP contribution in [0, 0.1) is 6.92 Å². The highest BCUT2D eigenvalue weighted by Crippen LogP contribution is 2.23. The van der Waals surface area contributed by atoms with Gasteiger partial charge in [0, 0.05) is 19.2 Å². The molecule has 1 amide bonds. The van der Waals surface area contributed by atoms with Gasteiger partial charge in [-0.1, -0.05) is 6.07 Å². The number of amides is 1. The minimum absolute atomic E-state index is 0.250. The van der Waals surface area contributed by atoms with E-state index in [9.17, 15) is 4.79 Å². The standard InChI is InChI=1S/C19H22N6O3S/c1-13-21-17(25-5-8-27-9-6-25)12-18(22-13)28-7-4-20-19(26)15-11-14(23-24-15)16-3-2-10-29-16/h2-3,10-12H,4-9H2,1H3,(H,20,26)(H,23,24). The van der Waals surface area contributed by atoms with E-state index in [4.69, 9.17) is 9.47 Å². The molecule has 0 unspecified atom stereocenters. The van der Waals surface area contributed by atoms with Crippen LogP contribution >= 0.6 is 11.3 Å². The van der Waals surface area contributed by atoms with Crippen molar-refractivity contribution in [2.75, 3.05) is 44.4 Å². The van der Waals surface area contributed by atoms with Crippen molar-refractivity contribution in [2.45, 2.75) is 6.92 Å². The van der Waals surface area contributed by atoms with Crippen molar-refractivity contribution in [2.24, 2.45) is 0 Å². The largest absolute Gasteiger partial charge is 0.476 e. The van der Waals surface area contributed by atoms with Gasteiger partial charge in [0.15, 0.2) is 5.69 Å². The lowest BCUT2D eigenvalue weighted by Crippen LogP contribution is -2.37. The van der Waals surface area contributed by atoms with Gasteiger partial charge in [-0.3, -0.25) is 9.89 Å². The highest BCUT2D eigenvalue weighted by molar-refractivity contribution is 7.13. The number of aromatic nitrogens is 4. The summed E-state index contributed by atoms with van der Waals surface area (Å²) < 4.78 is 11.1. The Morgan fingerprint density at radius 2 is 2.21 bits per heavy atom. The second kappa shape index (κ2) is 9.01. The summed E-state index contributed by atoms with van der Waals surface area (Å²) in [6.07, 6.45) is 0. The molecule has 3 aromatic heterocycles. The second-order valence-electron chi connectivity index (χ2n) is 6.46. The Bertz CT molecular complexity index is 953. The molecule has 0 aromatic carbocycles. The number of aryl methyl sites for hydroxylation is 1. The summed E-state index contributed by atoms with van der Waals surface area (Å²) >= 11 is 1.59. The zero-order chi connectivity index (χ0) is 20.1. The molecule has 1 fully saturated rings. The fourth-order valence-electron chi connectivity index (χ4n) is 2.96. The number of nitrogens with one attached hydrogen (secondary N) is 2. The molecular formula is C19H22N6O3S. The maximum atomic E-state index is 12.3. The van der Waals surface area contributed by atoms with Gasteiger partial charge < -0.3 is 19.7 Å². The van der Waals surface area contributed by atoms with E-state index in [2.05, 4.69) is 30.4 Å². The molecule has 9 nitrogen and oxygen atoms in total. The Hall–Kier alpha value is -2.98. The number of morpholine rings is 1. The van der Waals surface area contributed by atoms with Crippen LogP contribution in [0.25, 0.3) is 10.6 Å². The van der Waals surface area contributed by atoms with Crippen molar-refractivity contribution in [1.29, 1.82) is 0 Å². The van der Waals surface area contributed by atoms with Gasteiger partial charge in [-0.15, -0.1) is 11.3 Å². The van der Waals surface area contributed by atoms with Gasteiger partial charge in [-0.05, 0) is 24.4 Å². The molecule has 0 aliphatic carbocycles. The van der Waals surface area contributed by atoms with Crippen LogP contribution in [-0.4, -0.2) is 65.5 Å². The molecule has 4 heterocycles. The molecule has 0 bridgehead atoms. The third-order valence-corrected chi connectivity index (χ3v) is 5.27. The van der Waals surface area contributed by atoms with Gasteiger partial charge in [0.2, 0.25) is 5.88 Å². The van der Waals surface area contributed by atoms with E-state index < -0.39 is 0 Å². The smallest absolute Gasteiger partial charge is 0.271 e. The third-order valence-electron chi connectivity index (χ3n) is 4.37. The van der Waals surface area contributed by atoms with Crippen molar-refractivity contribution in [3.8, 4) is 16.5 Å². The molecule has 10 heteroatoms. The lowest BCUT2D eigenvalue weighted by molar-refractivity contribution is 0.0941. The first-order valence-electron chi connectivity index (χ1n) is 9.38. The summed E-state index contributed by atoms with van der Waals surface area (Å²) in [5, 5.41) is 11.7. The fraction of sp³-hybridized carbons (Fsp3) is 0.368. The highest BCUT2D eigenvalue weighted by Gasteiger charge is 2.15. The number of hydrogen-bond donors (Lipinski definition) is 2. The van der Waals surface area contributed by atoms with Crippen molar-refractivity contribution in [1.82, 2.24) is 25.5 Å². The SMILES string of the molecule is Cc1nc(OCCNC(=O)c2cc(-c3cccs3)[nH]n2)cc(N2CCOCC2)n1. The molecule has 4 rings (SSSR count). The number of aromatic amines is 1. The van der Waals surface area contributed by atoms with E-state index in [1.54, 1.807) is 17.4 Å². The van der Waals surface area contributed by atoms with Crippen LogP contribution in [0.2, 0.25) is 0 Å². The van der Waals surface area contributed by atoms with Crippen LogP contribution in [0.4, 0.5) is 5.82 Å². The molecule has 2 N–H and O–H groups in total. The topological polar surface area (TPSA) is 105 Å². The number of carbonyl (C=O) groups is 1. The molecule has 1 saturated heterocycles. The Balaban J connectivity index is 1.28. The van der Waals surface area contributed by atoms with Gasteiger partial charge in [0.05, 0.1) is 30.3 Å². The minimum Gasteiger partial charge on any atom is -0.476 e. The number of ether oxygens (including phenoxy) is 2. The Morgan fingerprint density at radius 3 is 3.00 bits per heavy atom. The van der Waals surface area contributed by atoms with Crippen molar-refractivity contribution in [3.05, 3.63) is 41.2 Å². The maximum Gasteiger partial charge on any atom is 0.271 e. The van der Waals surface area contributed by atoms with Crippen molar-refractivity contribution < 1.29 is 14.3 Å². The summed E-state index contributed by atoms with van der Waals surface area (Å²) in [7, 11) is 0. The predicted molar refractivity (Wildman–Crippen MR) is 110 cm³/mol. The highest BCUT2D eigenvalue weighted by atomic mass is 32.1. The number of anilines is 1.